The van der Waals surface area contributed by atoms with E-state index in [1.165, 1.54) is 20.7 Å². The van der Waals surface area contributed by atoms with Crippen molar-refractivity contribution in [1.29, 1.82) is 0 Å². The average molecular weight is 253 g/mol. The molecule has 0 aromatic heterocycles. The highest BCUT2D eigenvalue weighted by Gasteiger charge is 2.25. The Morgan fingerprint density at radius 2 is 1.17 bits per heavy atom. The van der Waals surface area contributed by atoms with Crippen molar-refractivity contribution in [2.75, 3.05) is 0 Å². The van der Waals surface area contributed by atoms with Gasteiger partial charge >= 0.3 is 0 Å². The Labute approximate surface area is 113 Å². The minimum absolute atomic E-state index is 0.300. The van der Waals surface area contributed by atoms with Gasteiger partial charge in [0.2, 0.25) is 0 Å². The predicted octanol–water partition coefficient (Wildman–Crippen LogP) is 0.515. The van der Waals surface area contributed by atoms with Gasteiger partial charge in [-0.05, 0) is 12.1 Å². The minimum Gasteiger partial charge on any atom is -0.288 e. The van der Waals surface area contributed by atoms with Gasteiger partial charge < -0.3 is 0 Å². The lowest BCUT2D eigenvalue weighted by Gasteiger charge is -1.88. The predicted molar refractivity (Wildman–Crippen MR) is 72.9 cm³/mol. The zero-order chi connectivity index (χ0) is 13.0. The standard InChI is InChI=1S/C8H5NO2.C6H5.Al.2H/c10-7-5-3-1-2-4-6(5)8(11)9-7;1-2-4-6-5-3-1;;;/h1-4H,(H,9,10,11);1-5H;;;. The lowest BCUT2D eigenvalue weighted by molar-refractivity contribution is 0.0879. The van der Waals surface area contributed by atoms with Crippen LogP contribution in [0, 0.1) is 0 Å². The van der Waals surface area contributed by atoms with Gasteiger partial charge in [0.05, 0.1) is 11.1 Å². The number of carbonyl (C=O) groups is 2. The number of hydrogen-bond acceptors (Lipinski definition) is 2. The summed E-state index contributed by atoms with van der Waals surface area (Å²) in [6, 6.07) is 17.2. The zero-order valence-electron chi connectivity index (χ0n) is 10.0. The molecule has 0 saturated heterocycles. The number of carbonyl (C=O) groups excluding carboxylic acids is 2. The normalized spacial score (nSPS) is 12.2. The Bertz CT molecular complexity index is 548. The molecule has 18 heavy (non-hydrogen) atoms. The molecule has 0 atom stereocenters. The third kappa shape index (κ3) is 2.86. The van der Waals surface area contributed by atoms with Crippen molar-refractivity contribution >= 4 is 32.5 Å². The molecule has 0 aliphatic carbocycles. The van der Waals surface area contributed by atoms with Crippen molar-refractivity contribution in [3.05, 3.63) is 65.7 Å². The van der Waals surface area contributed by atoms with Crippen molar-refractivity contribution < 1.29 is 9.59 Å². The van der Waals surface area contributed by atoms with Crippen LogP contribution in [0.1, 0.15) is 20.7 Å². The van der Waals surface area contributed by atoms with Crippen LogP contribution >= 0.6 is 0 Å². The third-order valence-corrected chi connectivity index (χ3v) is 3.25. The molecule has 0 bridgehead atoms. The Balaban J connectivity index is 0.000000149. The van der Waals surface area contributed by atoms with Gasteiger partial charge in [0.15, 0.2) is 0 Å². The Morgan fingerprint density at radius 3 is 1.56 bits per heavy atom. The summed E-state index contributed by atoms with van der Waals surface area (Å²) >= 11 is 1.17. The van der Waals surface area contributed by atoms with E-state index in [0.29, 0.717) is 11.1 Å². The van der Waals surface area contributed by atoms with Crippen LogP contribution in [0.25, 0.3) is 0 Å². The number of rotatable bonds is 0. The van der Waals surface area contributed by atoms with Crippen LogP contribution in [-0.4, -0.2) is 28.1 Å². The smallest absolute Gasteiger partial charge is 0.258 e. The maximum absolute atomic E-state index is 10.9. The van der Waals surface area contributed by atoms with E-state index in [1.807, 2.05) is 6.07 Å². The summed E-state index contributed by atoms with van der Waals surface area (Å²) in [5.74, 6) is -0.601. The maximum Gasteiger partial charge on any atom is 0.258 e. The number of fused-ring (bicyclic) bond motifs is 1. The van der Waals surface area contributed by atoms with Crippen LogP contribution in [-0.2, 0) is 0 Å². The lowest BCUT2D eigenvalue weighted by Crippen LogP contribution is -2.19. The van der Waals surface area contributed by atoms with Crippen molar-refractivity contribution in [3.63, 3.8) is 0 Å². The Morgan fingerprint density at radius 1 is 0.722 bits per heavy atom. The van der Waals surface area contributed by atoms with Crippen molar-refractivity contribution in [3.8, 4) is 0 Å². The molecule has 0 fully saturated rings. The fourth-order valence-electron chi connectivity index (χ4n) is 1.65. The molecule has 0 radical (unpaired) electrons. The first-order valence-corrected chi connectivity index (χ1v) is 6.65. The summed E-state index contributed by atoms with van der Waals surface area (Å²) < 4.78 is 1.46. The van der Waals surface area contributed by atoms with Crippen molar-refractivity contribution in [2.45, 2.75) is 0 Å². The first kappa shape index (κ1) is 12.6. The zero-order valence-corrected chi connectivity index (χ0v) is 12.0. The molecule has 2 aromatic carbocycles. The van der Waals surface area contributed by atoms with E-state index in [-0.39, 0.29) is 11.8 Å². The largest absolute Gasteiger partial charge is 0.288 e. The van der Waals surface area contributed by atoms with Crippen LogP contribution in [0.15, 0.2) is 54.6 Å². The Kier molecular flexibility index (Phi) is 3.93. The molecule has 1 aliphatic rings. The van der Waals surface area contributed by atoms with E-state index in [2.05, 4.69) is 29.6 Å². The minimum atomic E-state index is -0.300. The van der Waals surface area contributed by atoms with Crippen LogP contribution < -0.4 is 9.74 Å². The lowest BCUT2D eigenvalue weighted by atomic mass is 10.1. The molecule has 1 N–H and O–H groups in total. The number of amides is 2. The monoisotopic (exact) mass is 253 g/mol. The van der Waals surface area contributed by atoms with Gasteiger partial charge in [0, 0.05) is 0 Å². The van der Waals surface area contributed by atoms with E-state index >= 15 is 0 Å². The van der Waals surface area contributed by atoms with Gasteiger partial charge in [-0.3, -0.25) is 14.9 Å². The van der Waals surface area contributed by atoms with Crippen LogP contribution in [0.3, 0.4) is 0 Å². The summed E-state index contributed by atoms with van der Waals surface area (Å²) in [7, 11) is 0. The molecule has 3 nitrogen and oxygen atoms in total. The fraction of sp³-hybridized carbons (Fsp3) is 0. The van der Waals surface area contributed by atoms with Crippen molar-refractivity contribution in [1.82, 2.24) is 5.32 Å². The summed E-state index contributed by atoms with van der Waals surface area (Å²) in [5.41, 5.74) is 0.940. The SMILES string of the molecule is O=C1NC(=O)c2ccccc21.[AlH2][c]1ccccc1. The van der Waals surface area contributed by atoms with E-state index in [9.17, 15) is 9.59 Å². The number of benzene rings is 2. The topological polar surface area (TPSA) is 46.2 Å². The van der Waals surface area contributed by atoms with Gasteiger partial charge in [0.1, 0.15) is 0 Å². The molecule has 2 amide bonds. The summed E-state index contributed by atoms with van der Waals surface area (Å²) in [4.78, 5) is 21.9. The van der Waals surface area contributed by atoms with Crippen LogP contribution in [0.2, 0.25) is 0 Å². The molecule has 1 aliphatic heterocycles. The van der Waals surface area contributed by atoms with E-state index in [4.69, 9.17) is 0 Å². The fourth-order valence-corrected chi connectivity index (χ4v) is 2.04. The quantitative estimate of drug-likeness (QED) is 0.549. The highest BCUT2D eigenvalue weighted by atomic mass is 27.0. The summed E-state index contributed by atoms with van der Waals surface area (Å²) in [5, 5.41) is 2.20. The van der Waals surface area contributed by atoms with E-state index in [0.717, 1.165) is 0 Å². The maximum atomic E-state index is 10.9. The molecule has 1 heterocycles. The molecule has 0 unspecified atom stereocenters. The first-order valence-electron chi connectivity index (χ1n) is 5.65. The Hall–Kier alpha value is -1.89. The molecule has 3 rings (SSSR count). The van der Waals surface area contributed by atoms with E-state index < -0.39 is 0 Å². The molecule has 88 valence electrons. The highest BCUT2D eigenvalue weighted by molar-refractivity contribution is 6.32. The molecule has 4 heteroatoms. The van der Waals surface area contributed by atoms with Crippen molar-refractivity contribution in [2.24, 2.45) is 0 Å². The highest BCUT2D eigenvalue weighted by Crippen LogP contribution is 2.13. The second-order valence-corrected chi connectivity index (χ2v) is 5.14. The van der Waals surface area contributed by atoms with Gasteiger partial charge in [0.25, 0.3) is 28.1 Å². The third-order valence-electron chi connectivity index (χ3n) is 2.58. The summed E-state index contributed by atoms with van der Waals surface area (Å²) in [6.45, 7) is 0. The number of nitrogens with one attached hydrogen (secondary N) is 1. The van der Waals surface area contributed by atoms with Crippen LogP contribution in [0.5, 0.6) is 0 Å². The second kappa shape index (κ2) is 5.63. The molecule has 0 saturated carbocycles. The van der Waals surface area contributed by atoms with Gasteiger partial charge in [-0.25, -0.2) is 0 Å². The average Bonchev–Trinajstić information content (AvgIpc) is 2.68. The van der Waals surface area contributed by atoms with Gasteiger partial charge in [-0.1, -0.05) is 42.5 Å². The number of imide groups is 1. The van der Waals surface area contributed by atoms with Gasteiger partial charge in [-0.2, -0.15) is 0 Å². The molecule has 2 aromatic rings. The molecular weight excluding hydrogens is 241 g/mol. The second-order valence-electron chi connectivity index (χ2n) is 3.98. The van der Waals surface area contributed by atoms with Crippen LogP contribution in [0.4, 0.5) is 0 Å². The molecular formula is C14H12AlNO2. The van der Waals surface area contributed by atoms with Gasteiger partial charge in [-0.15, -0.1) is 4.43 Å². The molecule has 0 spiro atoms. The summed E-state index contributed by atoms with van der Waals surface area (Å²) in [6.07, 6.45) is 0. The van der Waals surface area contributed by atoms with E-state index in [1.54, 1.807) is 24.3 Å². The number of hydrogen-bond donors (Lipinski definition) is 1. The first-order chi connectivity index (χ1) is 8.68.